The van der Waals surface area contributed by atoms with E-state index < -0.39 is 17.4 Å². The summed E-state index contributed by atoms with van der Waals surface area (Å²) in [6.45, 7) is 4.52. The van der Waals surface area contributed by atoms with E-state index in [-0.39, 0.29) is 24.3 Å². The van der Waals surface area contributed by atoms with E-state index in [4.69, 9.17) is 4.74 Å². The molecular weight excluding hydrogens is 374 g/mol. The molecular formula is C20H25N5O4. The van der Waals surface area contributed by atoms with Crippen molar-refractivity contribution in [3.8, 4) is 0 Å². The van der Waals surface area contributed by atoms with Gasteiger partial charge in [0.1, 0.15) is 0 Å². The van der Waals surface area contributed by atoms with E-state index in [2.05, 4.69) is 16.9 Å². The number of rotatable bonds is 9. The van der Waals surface area contributed by atoms with Crippen molar-refractivity contribution in [2.75, 3.05) is 18.5 Å². The van der Waals surface area contributed by atoms with E-state index in [1.807, 2.05) is 30.3 Å². The lowest BCUT2D eigenvalue weighted by Gasteiger charge is -2.15. The number of imidazole rings is 1. The molecule has 0 radical (unpaired) electrons. The van der Waals surface area contributed by atoms with Gasteiger partial charge in [-0.05, 0) is 5.56 Å². The summed E-state index contributed by atoms with van der Waals surface area (Å²) in [5, 5.41) is 13.6. The normalized spacial score (nSPS) is 12.2. The van der Waals surface area contributed by atoms with Crippen molar-refractivity contribution < 1.29 is 9.84 Å². The molecule has 2 aromatic heterocycles. The second kappa shape index (κ2) is 8.89. The number of aromatic nitrogens is 4. The van der Waals surface area contributed by atoms with Crippen LogP contribution in [-0.4, -0.2) is 43.1 Å². The number of aliphatic hydroxyl groups excluding tert-OH is 1. The number of aryl methyl sites for hydroxylation is 1. The lowest BCUT2D eigenvalue weighted by molar-refractivity contribution is 0.0405. The monoisotopic (exact) mass is 399 g/mol. The fraction of sp³-hybridized carbons (Fsp3) is 0.350. The number of nitrogens with one attached hydrogen (secondary N) is 1. The highest BCUT2D eigenvalue weighted by atomic mass is 16.5. The summed E-state index contributed by atoms with van der Waals surface area (Å²) in [5.41, 5.74) is 0.600. The van der Waals surface area contributed by atoms with E-state index in [1.54, 1.807) is 17.7 Å². The summed E-state index contributed by atoms with van der Waals surface area (Å²) >= 11 is 0. The van der Waals surface area contributed by atoms with E-state index >= 15 is 0 Å². The lowest BCUT2D eigenvalue weighted by Crippen LogP contribution is -2.38. The Hall–Kier alpha value is -3.17. The first-order valence-electron chi connectivity index (χ1n) is 9.24. The molecule has 3 aromatic rings. The van der Waals surface area contributed by atoms with Crippen LogP contribution in [0.1, 0.15) is 5.56 Å². The van der Waals surface area contributed by atoms with Crippen molar-refractivity contribution in [2.24, 2.45) is 14.1 Å². The summed E-state index contributed by atoms with van der Waals surface area (Å²) in [7, 11) is 2.98. The molecule has 0 spiro atoms. The molecule has 1 atom stereocenters. The van der Waals surface area contributed by atoms with E-state index in [0.717, 1.165) is 10.1 Å². The summed E-state index contributed by atoms with van der Waals surface area (Å²) in [4.78, 5) is 29.5. The van der Waals surface area contributed by atoms with Gasteiger partial charge in [-0.3, -0.25) is 13.9 Å². The Bertz CT molecular complexity index is 1110. The SMILES string of the molecule is C=CCOC[C@@H](O)Cn1c(NCc2ccccc2)nc2c1c(=O)n(C)c(=O)n2C. The molecule has 0 bridgehead atoms. The van der Waals surface area contributed by atoms with Crippen LogP contribution in [-0.2, 0) is 31.9 Å². The molecule has 0 aliphatic heterocycles. The first-order chi connectivity index (χ1) is 13.9. The van der Waals surface area contributed by atoms with Crippen molar-refractivity contribution in [2.45, 2.75) is 19.2 Å². The molecule has 29 heavy (non-hydrogen) atoms. The van der Waals surface area contributed by atoms with Crippen LogP contribution in [0.2, 0.25) is 0 Å². The van der Waals surface area contributed by atoms with Gasteiger partial charge >= 0.3 is 5.69 Å². The number of nitrogens with zero attached hydrogens (tertiary/aromatic N) is 4. The standard InChI is InChI=1S/C20H25N5O4/c1-4-10-29-13-15(26)12-25-16-17(23(2)20(28)24(3)18(16)27)22-19(25)21-11-14-8-6-5-7-9-14/h4-9,15,26H,1,10-13H2,2-3H3,(H,21,22)/t15-/m0/s1. The first-order valence-corrected chi connectivity index (χ1v) is 9.24. The Morgan fingerprint density at radius 1 is 1.24 bits per heavy atom. The molecule has 0 unspecified atom stereocenters. The third-order valence-corrected chi connectivity index (χ3v) is 4.58. The Labute approximate surface area is 167 Å². The van der Waals surface area contributed by atoms with Gasteiger partial charge in [-0.15, -0.1) is 6.58 Å². The summed E-state index contributed by atoms with van der Waals surface area (Å²) in [6.07, 6.45) is 0.726. The molecule has 0 aliphatic rings. The Morgan fingerprint density at radius 3 is 2.66 bits per heavy atom. The second-order valence-corrected chi connectivity index (χ2v) is 6.74. The maximum absolute atomic E-state index is 12.8. The minimum Gasteiger partial charge on any atom is -0.389 e. The third kappa shape index (κ3) is 4.30. The number of anilines is 1. The van der Waals surface area contributed by atoms with Gasteiger partial charge in [-0.2, -0.15) is 4.98 Å². The minimum atomic E-state index is -0.869. The minimum absolute atomic E-state index is 0.0793. The Kier molecular flexibility index (Phi) is 6.30. The Morgan fingerprint density at radius 2 is 1.97 bits per heavy atom. The van der Waals surface area contributed by atoms with Crippen molar-refractivity contribution in [1.29, 1.82) is 0 Å². The lowest BCUT2D eigenvalue weighted by atomic mass is 10.2. The molecule has 2 heterocycles. The van der Waals surface area contributed by atoms with Gasteiger partial charge in [-0.1, -0.05) is 36.4 Å². The van der Waals surface area contributed by atoms with Gasteiger partial charge < -0.3 is 19.7 Å². The fourth-order valence-corrected chi connectivity index (χ4v) is 3.09. The fourth-order valence-electron chi connectivity index (χ4n) is 3.09. The van der Waals surface area contributed by atoms with Crippen LogP contribution in [0.25, 0.3) is 11.2 Å². The zero-order valence-corrected chi connectivity index (χ0v) is 16.5. The smallest absolute Gasteiger partial charge is 0.332 e. The van der Waals surface area contributed by atoms with Crippen LogP contribution in [0.5, 0.6) is 0 Å². The average Bonchev–Trinajstić information content (AvgIpc) is 3.08. The second-order valence-electron chi connectivity index (χ2n) is 6.74. The number of hydrogen-bond donors (Lipinski definition) is 2. The quantitative estimate of drug-likeness (QED) is 0.404. The molecule has 154 valence electrons. The highest BCUT2D eigenvalue weighted by Crippen LogP contribution is 2.17. The topological polar surface area (TPSA) is 103 Å². The molecule has 0 amide bonds. The summed E-state index contributed by atoms with van der Waals surface area (Å²) in [6, 6.07) is 9.72. The average molecular weight is 399 g/mol. The van der Waals surface area contributed by atoms with Crippen LogP contribution in [0.4, 0.5) is 5.95 Å². The first kappa shape index (κ1) is 20.6. The Balaban J connectivity index is 2.02. The number of fused-ring (bicyclic) bond motifs is 1. The number of benzene rings is 1. The van der Waals surface area contributed by atoms with Crippen molar-refractivity contribution >= 4 is 17.1 Å². The summed E-state index contributed by atoms with van der Waals surface area (Å²) in [5.74, 6) is 0.393. The van der Waals surface area contributed by atoms with Gasteiger partial charge in [0.25, 0.3) is 5.56 Å². The van der Waals surface area contributed by atoms with Gasteiger partial charge in [0.2, 0.25) is 5.95 Å². The van der Waals surface area contributed by atoms with Crippen LogP contribution < -0.4 is 16.6 Å². The van der Waals surface area contributed by atoms with E-state index in [0.29, 0.717) is 19.1 Å². The third-order valence-electron chi connectivity index (χ3n) is 4.58. The zero-order chi connectivity index (χ0) is 21.0. The molecule has 9 nitrogen and oxygen atoms in total. The highest BCUT2D eigenvalue weighted by Gasteiger charge is 2.21. The molecule has 2 N–H and O–H groups in total. The van der Waals surface area contributed by atoms with Crippen LogP contribution in [0.3, 0.4) is 0 Å². The number of ether oxygens (including phenoxy) is 1. The van der Waals surface area contributed by atoms with Crippen molar-refractivity contribution in [1.82, 2.24) is 18.7 Å². The van der Waals surface area contributed by atoms with Crippen LogP contribution in [0.15, 0.2) is 52.6 Å². The zero-order valence-electron chi connectivity index (χ0n) is 16.5. The van der Waals surface area contributed by atoms with Crippen LogP contribution >= 0.6 is 0 Å². The van der Waals surface area contributed by atoms with Gasteiger partial charge in [-0.25, -0.2) is 4.79 Å². The largest absolute Gasteiger partial charge is 0.389 e. The molecule has 0 aliphatic carbocycles. The predicted octanol–water partition coefficient (Wildman–Crippen LogP) is 0.609. The van der Waals surface area contributed by atoms with E-state index in [9.17, 15) is 14.7 Å². The number of aliphatic hydroxyl groups is 1. The maximum Gasteiger partial charge on any atom is 0.332 e. The molecule has 3 rings (SSSR count). The van der Waals surface area contributed by atoms with Gasteiger partial charge in [0.15, 0.2) is 11.2 Å². The molecule has 9 heteroatoms. The van der Waals surface area contributed by atoms with Crippen molar-refractivity contribution in [3.63, 3.8) is 0 Å². The maximum atomic E-state index is 12.8. The number of hydrogen-bond acceptors (Lipinski definition) is 6. The van der Waals surface area contributed by atoms with Crippen molar-refractivity contribution in [3.05, 3.63) is 69.4 Å². The van der Waals surface area contributed by atoms with E-state index in [1.165, 1.54) is 11.6 Å². The highest BCUT2D eigenvalue weighted by molar-refractivity contribution is 5.74. The van der Waals surface area contributed by atoms with Gasteiger partial charge in [0.05, 0.1) is 25.9 Å². The predicted molar refractivity (Wildman–Crippen MR) is 111 cm³/mol. The molecule has 0 saturated heterocycles. The van der Waals surface area contributed by atoms with Gasteiger partial charge in [0, 0.05) is 20.6 Å². The molecule has 0 fully saturated rings. The van der Waals surface area contributed by atoms with Crippen LogP contribution in [0, 0.1) is 0 Å². The summed E-state index contributed by atoms with van der Waals surface area (Å²) < 4.78 is 9.26. The molecule has 0 saturated carbocycles. The molecule has 1 aromatic carbocycles.